The van der Waals surface area contributed by atoms with E-state index in [0.717, 1.165) is 49.1 Å². The molecule has 0 amide bonds. The Bertz CT molecular complexity index is 1600. The third kappa shape index (κ3) is 6.62. The number of ether oxygens (including phenoxy) is 3. The minimum absolute atomic E-state index is 0.0473. The average molecular weight is 687 g/mol. The average Bonchev–Trinajstić information content (AvgIpc) is 3.18. The smallest absolute Gasteiger partial charge is 0.217 e. The lowest BCUT2D eigenvalue weighted by Gasteiger charge is -2.48. The van der Waals surface area contributed by atoms with Gasteiger partial charge in [0, 0.05) is 50.3 Å². The summed E-state index contributed by atoms with van der Waals surface area (Å²) >= 11 is 6.43. The largest absolute Gasteiger partial charge is 0.490 e. The quantitative estimate of drug-likeness (QED) is 0.321. The minimum Gasteiger partial charge on any atom is -0.490 e. The SMILES string of the molecule is COCC[C@@H]1[C@@H](C)C/C=C/[C@@](C=O)(OC)[C@@H]2CC[C@H]2CN2C[C@@]3(CCCc4cc(Cl)ccc43)COc3ccc(cc32)C(O)NS1(=O)=O. The van der Waals surface area contributed by atoms with E-state index in [1.165, 1.54) is 18.2 Å². The van der Waals surface area contributed by atoms with Crippen molar-refractivity contribution in [2.75, 3.05) is 45.4 Å². The summed E-state index contributed by atoms with van der Waals surface area (Å²) in [5.41, 5.74) is 2.29. The number of aliphatic hydroxyl groups is 1. The van der Waals surface area contributed by atoms with Crippen LogP contribution in [0.1, 0.15) is 68.4 Å². The number of fused-ring (bicyclic) bond motifs is 4. The van der Waals surface area contributed by atoms with E-state index in [4.69, 9.17) is 25.8 Å². The highest BCUT2D eigenvalue weighted by Crippen LogP contribution is 2.49. The number of carbonyl (C=O) groups is 1. The first-order valence-corrected chi connectivity index (χ1v) is 18.6. The number of methoxy groups -OCH3 is 2. The summed E-state index contributed by atoms with van der Waals surface area (Å²) in [7, 11) is -0.875. The van der Waals surface area contributed by atoms with Crippen LogP contribution in [0.4, 0.5) is 5.69 Å². The highest BCUT2D eigenvalue weighted by Gasteiger charge is 2.49. The van der Waals surface area contributed by atoms with Gasteiger partial charge in [0.1, 0.15) is 17.6 Å². The number of aldehydes is 1. The fourth-order valence-corrected chi connectivity index (χ4v) is 10.3. The van der Waals surface area contributed by atoms with Gasteiger partial charge in [0.2, 0.25) is 10.0 Å². The Kier molecular flexibility index (Phi) is 10.1. The van der Waals surface area contributed by atoms with Crippen molar-refractivity contribution in [3.05, 3.63) is 70.3 Å². The molecule has 2 heterocycles. The maximum absolute atomic E-state index is 13.8. The van der Waals surface area contributed by atoms with Crippen LogP contribution >= 0.6 is 11.6 Å². The third-order valence-electron chi connectivity index (χ3n) is 11.2. The molecule has 0 saturated heterocycles. The number of nitrogens with one attached hydrogen (secondary N) is 1. The number of sulfonamides is 1. The van der Waals surface area contributed by atoms with E-state index in [1.807, 2.05) is 37.3 Å². The second kappa shape index (κ2) is 13.8. The summed E-state index contributed by atoms with van der Waals surface area (Å²) in [5, 5.41) is 11.2. The second-order valence-electron chi connectivity index (χ2n) is 14.0. The number of benzene rings is 2. The molecular weight excluding hydrogens is 640 g/mol. The van der Waals surface area contributed by atoms with Gasteiger partial charge in [0.25, 0.3) is 0 Å². The first-order valence-electron chi connectivity index (χ1n) is 16.7. The molecule has 4 aliphatic rings. The molecule has 7 atom stereocenters. The van der Waals surface area contributed by atoms with Gasteiger partial charge < -0.3 is 24.2 Å². The van der Waals surface area contributed by atoms with Gasteiger partial charge >= 0.3 is 0 Å². The number of allylic oxidation sites excluding steroid dienone is 1. The van der Waals surface area contributed by atoms with Crippen molar-refractivity contribution in [2.24, 2.45) is 17.8 Å². The number of hydrogen-bond acceptors (Lipinski definition) is 8. The van der Waals surface area contributed by atoms with Gasteiger partial charge in [-0.3, -0.25) is 4.79 Å². The van der Waals surface area contributed by atoms with E-state index >= 15 is 0 Å². The molecule has 1 spiro atoms. The molecule has 11 heteroatoms. The number of hydrogen-bond donors (Lipinski definition) is 2. The van der Waals surface area contributed by atoms with E-state index in [-0.39, 0.29) is 36.2 Å². The van der Waals surface area contributed by atoms with Crippen LogP contribution < -0.4 is 14.4 Å². The van der Waals surface area contributed by atoms with Crippen LogP contribution in [0, 0.1) is 17.8 Å². The van der Waals surface area contributed by atoms with Crippen LogP contribution in [0.25, 0.3) is 0 Å². The molecule has 2 bridgehead atoms. The van der Waals surface area contributed by atoms with Crippen molar-refractivity contribution in [1.82, 2.24) is 4.72 Å². The third-order valence-corrected chi connectivity index (χ3v) is 13.5. The molecule has 1 saturated carbocycles. The summed E-state index contributed by atoms with van der Waals surface area (Å²) in [5.74, 6) is 0.471. The number of halogens is 1. The zero-order valence-electron chi connectivity index (χ0n) is 27.5. The molecular formula is C36H47ClN2O7S. The van der Waals surface area contributed by atoms with Gasteiger partial charge in [-0.15, -0.1) is 0 Å². The lowest BCUT2D eigenvalue weighted by atomic mass is 9.64. The lowest BCUT2D eigenvalue weighted by molar-refractivity contribution is -0.135. The summed E-state index contributed by atoms with van der Waals surface area (Å²) in [6.45, 7) is 3.91. The number of rotatable bonds is 5. The minimum atomic E-state index is -3.99. The Morgan fingerprint density at radius 1 is 1.19 bits per heavy atom. The van der Waals surface area contributed by atoms with Crippen molar-refractivity contribution in [3.8, 4) is 5.75 Å². The van der Waals surface area contributed by atoms with Gasteiger partial charge in [-0.2, -0.15) is 4.72 Å². The highest BCUT2D eigenvalue weighted by atomic mass is 35.5. The zero-order chi connectivity index (χ0) is 33.4. The summed E-state index contributed by atoms with van der Waals surface area (Å²) in [6.07, 6.45) is 8.53. The second-order valence-corrected chi connectivity index (χ2v) is 16.3. The topological polar surface area (TPSA) is 114 Å². The first kappa shape index (κ1) is 34.4. The van der Waals surface area contributed by atoms with Crippen LogP contribution in [0.3, 0.4) is 0 Å². The maximum atomic E-state index is 13.8. The maximum Gasteiger partial charge on any atom is 0.217 e. The summed E-state index contributed by atoms with van der Waals surface area (Å²) < 4.78 is 48.0. The van der Waals surface area contributed by atoms with E-state index in [9.17, 15) is 18.3 Å². The van der Waals surface area contributed by atoms with Crippen LogP contribution in [0.15, 0.2) is 48.6 Å². The van der Waals surface area contributed by atoms with Crippen LogP contribution in [0.2, 0.25) is 5.02 Å². The van der Waals surface area contributed by atoms with Crippen LogP contribution in [-0.2, 0) is 36.1 Å². The van der Waals surface area contributed by atoms with Gasteiger partial charge in [-0.1, -0.05) is 36.7 Å². The predicted octanol–water partition coefficient (Wildman–Crippen LogP) is 5.33. The van der Waals surface area contributed by atoms with E-state index in [0.29, 0.717) is 37.4 Å². The normalized spacial score (nSPS) is 34.2. The lowest BCUT2D eigenvalue weighted by Crippen LogP contribution is -2.53. The molecule has 2 N–H and O–H groups in total. The van der Waals surface area contributed by atoms with Crippen LogP contribution in [0.5, 0.6) is 5.75 Å². The molecule has 2 aromatic rings. The Morgan fingerprint density at radius 2 is 2.02 bits per heavy atom. The summed E-state index contributed by atoms with van der Waals surface area (Å²) in [6, 6.07) is 11.6. The molecule has 47 heavy (non-hydrogen) atoms. The Labute approximate surface area is 283 Å². The van der Waals surface area contributed by atoms with Crippen molar-refractivity contribution < 1.29 is 32.5 Å². The standard InChI is InChI=1S/C36H47ClN2O7S/c1-24-6-4-16-36(22-40,45-3)30-11-8-27(30)20-39-21-35(15-5-7-25-18-28(37)10-12-29(25)35)23-46-32-13-9-26(19-31(32)39)34(41)38-47(42,43)33(24)14-17-44-2/h4,9-10,12-13,16,18-19,22,24,27,30,33-34,38,41H,5-8,11,14-15,17,20-21,23H2,1-3H3/b16-4+/t24-,27-,30+,33+,34?,35-,36-/m0/s1. The Hall–Kier alpha value is -2.47. The number of carbonyl (C=O) groups excluding carboxylic acids is 1. The van der Waals surface area contributed by atoms with Crippen LogP contribution in [-0.4, -0.2) is 71.2 Å². The molecule has 1 fully saturated rings. The molecule has 1 unspecified atom stereocenters. The van der Waals surface area contributed by atoms with Gasteiger partial charge in [0.05, 0.1) is 17.5 Å². The Balaban J connectivity index is 1.45. The van der Waals surface area contributed by atoms with Crippen molar-refractivity contribution in [2.45, 2.75) is 74.4 Å². The zero-order valence-corrected chi connectivity index (χ0v) is 29.1. The first-order chi connectivity index (χ1) is 22.5. The molecule has 0 aromatic heterocycles. The fraction of sp³-hybridized carbons (Fsp3) is 0.583. The molecule has 9 nitrogen and oxygen atoms in total. The molecule has 2 aliphatic heterocycles. The van der Waals surface area contributed by atoms with Crippen molar-refractivity contribution in [1.29, 1.82) is 0 Å². The van der Waals surface area contributed by atoms with Crippen molar-refractivity contribution >= 4 is 33.6 Å². The monoisotopic (exact) mass is 686 g/mol. The summed E-state index contributed by atoms with van der Waals surface area (Å²) in [4.78, 5) is 15.2. The van der Waals surface area contributed by atoms with Gasteiger partial charge in [-0.05, 0) is 104 Å². The molecule has 256 valence electrons. The molecule has 0 radical (unpaired) electrons. The van der Waals surface area contributed by atoms with E-state index < -0.39 is 27.1 Å². The van der Waals surface area contributed by atoms with Gasteiger partial charge in [0.15, 0.2) is 6.29 Å². The molecule has 2 aromatic carbocycles. The molecule has 6 rings (SSSR count). The number of nitrogens with zero attached hydrogens (tertiary/aromatic N) is 1. The van der Waals surface area contributed by atoms with Gasteiger partial charge in [-0.25, -0.2) is 8.42 Å². The van der Waals surface area contributed by atoms with E-state index in [2.05, 4.69) is 21.8 Å². The number of anilines is 1. The fourth-order valence-electron chi connectivity index (χ4n) is 8.39. The number of aliphatic hydroxyl groups excluding tert-OH is 1. The van der Waals surface area contributed by atoms with E-state index in [1.54, 1.807) is 13.2 Å². The Morgan fingerprint density at radius 3 is 2.74 bits per heavy atom. The number of aryl methyl sites for hydroxylation is 1. The van der Waals surface area contributed by atoms with Crippen molar-refractivity contribution in [3.63, 3.8) is 0 Å². The molecule has 2 aliphatic carbocycles. The predicted molar refractivity (Wildman–Crippen MR) is 182 cm³/mol. The highest BCUT2D eigenvalue weighted by molar-refractivity contribution is 7.90.